The van der Waals surface area contributed by atoms with Gasteiger partial charge in [-0.05, 0) is 15.9 Å². The number of aromatic amines is 1. The van der Waals surface area contributed by atoms with E-state index in [1.54, 1.807) is 6.20 Å². The van der Waals surface area contributed by atoms with Gasteiger partial charge in [0.15, 0.2) is 0 Å². The maximum absolute atomic E-state index is 5.23. The molecule has 0 aromatic carbocycles. The molecule has 0 atom stereocenters. The molecule has 0 radical (unpaired) electrons. The monoisotopic (exact) mass is 231 g/mol. The lowest BCUT2D eigenvalue weighted by atomic mass is 10.4. The number of halogens is 1. The molecular formula is C7H10BrN3O. The van der Waals surface area contributed by atoms with Crippen LogP contribution in [0.1, 0.15) is 0 Å². The summed E-state index contributed by atoms with van der Waals surface area (Å²) in [7, 11) is 0. The van der Waals surface area contributed by atoms with E-state index in [2.05, 4.69) is 30.8 Å². The fourth-order valence-electron chi connectivity index (χ4n) is 1.23. The first kappa shape index (κ1) is 8.07. The van der Waals surface area contributed by atoms with Crippen LogP contribution in [0.3, 0.4) is 0 Å². The maximum Gasteiger partial charge on any atom is 0.203 e. The Morgan fingerprint density at radius 3 is 2.83 bits per heavy atom. The summed E-state index contributed by atoms with van der Waals surface area (Å²) in [6.45, 7) is 3.41. The molecule has 1 N–H and O–H groups in total. The highest BCUT2D eigenvalue weighted by atomic mass is 79.9. The highest BCUT2D eigenvalue weighted by molar-refractivity contribution is 9.10. The molecule has 4 nitrogen and oxygen atoms in total. The number of morpholine rings is 1. The Morgan fingerprint density at radius 1 is 1.50 bits per heavy atom. The van der Waals surface area contributed by atoms with Crippen molar-refractivity contribution in [2.45, 2.75) is 0 Å². The highest BCUT2D eigenvalue weighted by Gasteiger charge is 2.12. The molecule has 2 heterocycles. The second-order valence-electron chi connectivity index (χ2n) is 2.65. The molecule has 0 bridgehead atoms. The molecule has 1 aromatic heterocycles. The average Bonchev–Trinajstić information content (AvgIpc) is 2.54. The van der Waals surface area contributed by atoms with Crippen LogP contribution >= 0.6 is 15.9 Å². The fourth-order valence-corrected chi connectivity index (χ4v) is 1.50. The Balaban J connectivity index is 2.08. The number of imidazole rings is 1. The predicted molar refractivity (Wildman–Crippen MR) is 49.3 cm³/mol. The fraction of sp³-hybridized carbons (Fsp3) is 0.571. The summed E-state index contributed by atoms with van der Waals surface area (Å²) in [4.78, 5) is 9.50. The van der Waals surface area contributed by atoms with Crippen molar-refractivity contribution in [2.75, 3.05) is 31.2 Å². The van der Waals surface area contributed by atoms with Crippen LogP contribution in [0.4, 0.5) is 5.95 Å². The number of rotatable bonds is 1. The minimum atomic E-state index is 0.790. The number of anilines is 1. The zero-order chi connectivity index (χ0) is 8.39. The SMILES string of the molecule is Brc1cnc(N2CCOCC2)[nH]1. The second kappa shape index (κ2) is 3.45. The van der Waals surface area contributed by atoms with Gasteiger partial charge in [-0.25, -0.2) is 4.98 Å². The van der Waals surface area contributed by atoms with Gasteiger partial charge in [0.25, 0.3) is 0 Å². The molecular weight excluding hydrogens is 222 g/mol. The lowest BCUT2D eigenvalue weighted by Gasteiger charge is -2.26. The minimum Gasteiger partial charge on any atom is -0.378 e. The third-order valence-electron chi connectivity index (χ3n) is 1.84. The Bertz CT molecular complexity index is 257. The Morgan fingerprint density at radius 2 is 2.25 bits per heavy atom. The van der Waals surface area contributed by atoms with Crippen molar-refractivity contribution in [2.24, 2.45) is 0 Å². The van der Waals surface area contributed by atoms with Crippen molar-refractivity contribution in [3.05, 3.63) is 10.8 Å². The van der Waals surface area contributed by atoms with Gasteiger partial charge < -0.3 is 14.6 Å². The van der Waals surface area contributed by atoms with Gasteiger partial charge in [0.05, 0.1) is 19.4 Å². The number of hydrogen-bond acceptors (Lipinski definition) is 3. The van der Waals surface area contributed by atoms with Crippen LogP contribution < -0.4 is 4.90 Å². The summed E-state index contributed by atoms with van der Waals surface area (Å²) in [6.07, 6.45) is 1.77. The number of nitrogens with one attached hydrogen (secondary N) is 1. The standard InChI is InChI=1S/C7H10BrN3O/c8-6-5-9-7(10-6)11-1-3-12-4-2-11/h5H,1-4H2,(H,9,10). The Labute approximate surface area is 79.1 Å². The average molecular weight is 232 g/mol. The molecule has 0 amide bonds. The lowest BCUT2D eigenvalue weighted by Crippen LogP contribution is -2.36. The van der Waals surface area contributed by atoms with Crippen molar-refractivity contribution < 1.29 is 4.74 Å². The van der Waals surface area contributed by atoms with Crippen molar-refractivity contribution in [1.29, 1.82) is 0 Å². The van der Waals surface area contributed by atoms with Crippen LogP contribution in [-0.4, -0.2) is 36.3 Å². The van der Waals surface area contributed by atoms with Crippen LogP contribution in [-0.2, 0) is 4.74 Å². The van der Waals surface area contributed by atoms with E-state index in [-0.39, 0.29) is 0 Å². The number of ether oxygens (including phenoxy) is 1. The topological polar surface area (TPSA) is 41.2 Å². The summed E-state index contributed by atoms with van der Waals surface area (Å²) in [5.41, 5.74) is 0. The van der Waals surface area contributed by atoms with Gasteiger partial charge in [-0.2, -0.15) is 0 Å². The third-order valence-corrected chi connectivity index (χ3v) is 2.25. The quantitative estimate of drug-likeness (QED) is 0.785. The molecule has 12 heavy (non-hydrogen) atoms. The van der Waals surface area contributed by atoms with Gasteiger partial charge in [0.2, 0.25) is 5.95 Å². The zero-order valence-electron chi connectivity index (χ0n) is 6.59. The summed E-state index contributed by atoms with van der Waals surface area (Å²) in [5.74, 6) is 0.921. The third kappa shape index (κ3) is 1.61. The van der Waals surface area contributed by atoms with Crippen molar-refractivity contribution in [3.63, 3.8) is 0 Å². The first-order valence-electron chi connectivity index (χ1n) is 3.89. The van der Waals surface area contributed by atoms with Crippen LogP contribution in [0.5, 0.6) is 0 Å². The first-order chi connectivity index (χ1) is 5.86. The Kier molecular flexibility index (Phi) is 2.32. The van der Waals surface area contributed by atoms with Crippen molar-refractivity contribution in [3.8, 4) is 0 Å². The molecule has 0 unspecified atom stereocenters. The van der Waals surface area contributed by atoms with E-state index in [0.29, 0.717) is 0 Å². The summed E-state index contributed by atoms with van der Waals surface area (Å²) < 4.78 is 6.15. The first-order valence-corrected chi connectivity index (χ1v) is 4.69. The molecule has 2 rings (SSSR count). The highest BCUT2D eigenvalue weighted by Crippen LogP contribution is 2.13. The molecule has 1 aliphatic rings. The normalized spacial score (nSPS) is 18.2. The van der Waals surface area contributed by atoms with Crippen LogP contribution in [0.2, 0.25) is 0 Å². The van der Waals surface area contributed by atoms with Gasteiger partial charge >= 0.3 is 0 Å². The van der Waals surface area contributed by atoms with E-state index in [9.17, 15) is 0 Å². The summed E-state index contributed by atoms with van der Waals surface area (Å²) >= 11 is 3.32. The number of nitrogens with zero attached hydrogens (tertiary/aromatic N) is 2. The Hall–Kier alpha value is -0.550. The van der Waals surface area contributed by atoms with Crippen molar-refractivity contribution >= 4 is 21.9 Å². The van der Waals surface area contributed by atoms with Crippen molar-refractivity contribution in [1.82, 2.24) is 9.97 Å². The van der Waals surface area contributed by atoms with E-state index in [4.69, 9.17) is 4.74 Å². The van der Waals surface area contributed by atoms with E-state index in [0.717, 1.165) is 36.9 Å². The van der Waals surface area contributed by atoms with E-state index in [1.807, 2.05) is 0 Å². The van der Waals surface area contributed by atoms with Crippen LogP contribution in [0, 0.1) is 0 Å². The van der Waals surface area contributed by atoms with Gasteiger partial charge in [0, 0.05) is 13.1 Å². The predicted octanol–water partition coefficient (Wildman–Crippen LogP) is 1.01. The van der Waals surface area contributed by atoms with E-state index < -0.39 is 0 Å². The van der Waals surface area contributed by atoms with Gasteiger partial charge in [-0.15, -0.1) is 0 Å². The molecule has 5 heteroatoms. The summed E-state index contributed by atoms with van der Waals surface area (Å²) in [5, 5.41) is 0. The number of H-pyrrole nitrogens is 1. The number of hydrogen-bond donors (Lipinski definition) is 1. The van der Waals surface area contributed by atoms with Crippen LogP contribution in [0.25, 0.3) is 0 Å². The molecule has 0 aliphatic carbocycles. The molecule has 1 aromatic rings. The zero-order valence-corrected chi connectivity index (χ0v) is 8.17. The number of aromatic nitrogens is 2. The smallest absolute Gasteiger partial charge is 0.203 e. The minimum absolute atomic E-state index is 0.790. The molecule has 0 spiro atoms. The lowest BCUT2D eigenvalue weighted by molar-refractivity contribution is 0.122. The van der Waals surface area contributed by atoms with Gasteiger partial charge in [-0.3, -0.25) is 0 Å². The summed E-state index contributed by atoms with van der Waals surface area (Å²) in [6, 6.07) is 0. The molecule has 0 saturated carbocycles. The molecule has 1 fully saturated rings. The second-order valence-corrected chi connectivity index (χ2v) is 3.51. The van der Waals surface area contributed by atoms with Gasteiger partial charge in [0.1, 0.15) is 4.60 Å². The molecule has 1 aliphatic heterocycles. The van der Waals surface area contributed by atoms with E-state index in [1.165, 1.54) is 0 Å². The molecule has 1 saturated heterocycles. The maximum atomic E-state index is 5.23. The van der Waals surface area contributed by atoms with Gasteiger partial charge in [-0.1, -0.05) is 0 Å². The van der Waals surface area contributed by atoms with Crippen LogP contribution in [0.15, 0.2) is 10.8 Å². The largest absolute Gasteiger partial charge is 0.378 e. The van der Waals surface area contributed by atoms with E-state index >= 15 is 0 Å². The molecule has 66 valence electrons.